The van der Waals surface area contributed by atoms with Crippen LogP contribution in [0.15, 0.2) is 243 Å². The third kappa shape index (κ3) is 30.3. The molecule has 140 heavy (non-hydrogen) atoms. The number of carbonyl (C=O) groups excluding carboxylic acids is 4. The Kier molecular flexibility index (Phi) is 39.0. The number of hydrogen-bond acceptors (Lipinski definition) is 16. The number of esters is 4. The first-order chi connectivity index (χ1) is 66.1. The van der Waals surface area contributed by atoms with Crippen molar-refractivity contribution in [2.75, 3.05) is 56.9 Å². The predicted octanol–water partition coefficient (Wildman–Crippen LogP) is 30.4. The summed E-state index contributed by atoms with van der Waals surface area (Å²) in [4.78, 5) is 46.6. The molecule has 12 aromatic rings. The Labute approximate surface area is 826 Å². The van der Waals surface area contributed by atoms with Crippen LogP contribution in [0.25, 0.3) is 44.5 Å². The summed E-state index contributed by atoms with van der Waals surface area (Å²) in [5.74, 6) is 3.36. The maximum Gasteiger partial charge on any atom is 0.306 e. The van der Waals surface area contributed by atoms with Crippen LogP contribution in [0.4, 0.5) is 17.6 Å². The molecule has 0 aliphatic heterocycles. The summed E-state index contributed by atoms with van der Waals surface area (Å²) in [6.07, 6.45) is 0.328. The largest absolute Gasteiger partial charge is 0.497 e. The van der Waals surface area contributed by atoms with E-state index in [-0.39, 0.29) is 117 Å². The van der Waals surface area contributed by atoms with Crippen molar-refractivity contribution in [1.82, 2.24) is 0 Å². The van der Waals surface area contributed by atoms with E-state index >= 15 is 0 Å². The number of hydrogen-bond donors (Lipinski definition) is 0. The normalized spacial score (nSPS) is 13.1. The van der Waals surface area contributed by atoms with Gasteiger partial charge in [-0.2, -0.15) is 0 Å². The molecule has 744 valence electrons. The molecule has 0 radical (unpaired) electrons. The Balaban J connectivity index is 0.000000209. The van der Waals surface area contributed by atoms with Crippen LogP contribution in [0.2, 0.25) is 0 Å². The molecule has 12 aromatic carbocycles. The molecule has 0 unspecified atom stereocenters. The molecule has 8 atom stereocenters. The molecule has 0 amide bonds. The monoisotopic (exact) mass is 1910 g/mol. The van der Waals surface area contributed by atoms with Gasteiger partial charge in [-0.15, -0.1) is 0 Å². The van der Waals surface area contributed by atoms with Crippen molar-refractivity contribution in [2.45, 2.75) is 234 Å². The fourth-order valence-corrected chi connectivity index (χ4v) is 16.5. The van der Waals surface area contributed by atoms with E-state index in [1.165, 1.54) is 52.7 Å². The lowest BCUT2D eigenvalue weighted by molar-refractivity contribution is -0.141. The number of ether oxygens (including phenoxy) is 12. The molecule has 0 fully saturated rings. The molecule has 0 spiro atoms. The minimum Gasteiger partial charge on any atom is -0.497 e. The lowest BCUT2D eigenvalue weighted by Crippen LogP contribution is -2.15. The molecule has 0 heterocycles. The zero-order valence-corrected chi connectivity index (χ0v) is 86.6. The van der Waals surface area contributed by atoms with E-state index in [2.05, 4.69) is 107 Å². The van der Waals surface area contributed by atoms with Crippen LogP contribution in [0.3, 0.4) is 0 Å². The first kappa shape index (κ1) is 110. The molecular formula is C120H140F4O16. The fraction of sp³-hybridized carbons (Fsp3) is 0.367. The van der Waals surface area contributed by atoms with Gasteiger partial charge >= 0.3 is 23.9 Å². The van der Waals surface area contributed by atoms with Gasteiger partial charge in [0.2, 0.25) is 0 Å². The average molecular weight is 1910 g/mol. The highest BCUT2D eigenvalue weighted by atomic mass is 19.1. The number of carbonyl (C=O) groups is 4. The van der Waals surface area contributed by atoms with Crippen LogP contribution in [-0.2, 0) is 59.8 Å². The number of benzene rings is 12. The molecule has 0 saturated carbocycles. The number of halogens is 4. The van der Waals surface area contributed by atoms with E-state index in [0.29, 0.717) is 70.9 Å². The Bertz CT molecular complexity index is 5460. The van der Waals surface area contributed by atoms with Crippen molar-refractivity contribution < 1.29 is 93.6 Å². The Morgan fingerprint density at radius 3 is 0.571 bits per heavy atom. The van der Waals surface area contributed by atoms with Crippen molar-refractivity contribution in [3.63, 3.8) is 0 Å². The van der Waals surface area contributed by atoms with Crippen molar-refractivity contribution in [3.8, 4) is 90.5 Å². The summed E-state index contributed by atoms with van der Waals surface area (Å²) in [6.45, 7) is 41.4. The summed E-state index contributed by atoms with van der Waals surface area (Å²) in [6, 6.07) is 74.6. The van der Waals surface area contributed by atoms with E-state index in [9.17, 15) is 36.7 Å². The molecule has 12 rings (SSSR count). The zero-order chi connectivity index (χ0) is 103. The molecule has 0 N–H and O–H groups in total. The highest BCUT2D eigenvalue weighted by molar-refractivity contribution is 5.77. The van der Waals surface area contributed by atoms with Gasteiger partial charge in [0.05, 0.1) is 82.6 Å². The molecule has 0 aromatic heterocycles. The first-order valence-electron chi connectivity index (χ1n) is 47.4. The number of rotatable bonds is 32. The smallest absolute Gasteiger partial charge is 0.306 e. The van der Waals surface area contributed by atoms with Gasteiger partial charge in [-0.05, 0) is 283 Å². The van der Waals surface area contributed by atoms with Crippen molar-refractivity contribution in [2.24, 2.45) is 0 Å². The molecule has 0 bridgehead atoms. The fourth-order valence-electron chi connectivity index (χ4n) is 16.5. The molecule has 20 heteroatoms. The zero-order valence-electron chi connectivity index (χ0n) is 86.6. The van der Waals surface area contributed by atoms with E-state index in [1.54, 1.807) is 77.0 Å². The summed E-state index contributed by atoms with van der Waals surface area (Å²) in [7, 11) is 11.9. The third-order valence-corrected chi connectivity index (χ3v) is 24.9. The molecular weight excluding hydrogens is 1770 g/mol. The molecule has 0 aliphatic rings. The third-order valence-electron chi connectivity index (χ3n) is 24.9. The highest BCUT2D eigenvalue weighted by Gasteiger charge is 2.30. The van der Waals surface area contributed by atoms with Gasteiger partial charge in [0.1, 0.15) is 93.7 Å². The van der Waals surface area contributed by atoms with Gasteiger partial charge in [0.15, 0.2) is 0 Å². The van der Waals surface area contributed by atoms with Gasteiger partial charge in [0.25, 0.3) is 0 Å². The van der Waals surface area contributed by atoms with Crippen molar-refractivity contribution in [3.05, 3.63) is 333 Å². The maximum atomic E-state index is 14.8. The van der Waals surface area contributed by atoms with Crippen molar-refractivity contribution >= 4 is 23.9 Å². The number of methoxy groups -OCH3 is 8. The van der Waals surface area contributed by atoms with Crippen LogP contribution in [0.1, 0.15) is 279 Å². The Morgan fingerprint density at radius 1 is 0.221 bits per heavy atom. The summed E-state index contributed by atoms with van der Waals surface area (Å²) < 4.78 is 125. The molecule has 16 nitrogen and oxygen atoms in total. The van der Waals surface area contributed by atoms with Gasteiger partial charge < -0.3 is 56.8 Å². The SMILES string of the molecule is COC(=O)C[C@@H](C)c1cccc(O[C@@H](C)c2ccc(-c3cc(OC)ccc3F)c(C(C)(C)C)c2)c1.COC(=O)C[C@@H](C)c1cccc(O[C@H](C)c2ccc(-c3cc(OC)ccc3F)c(C(C)(C)C)c2)c1.COC(=O)C[C@H](C)c1cccc(O[C@@H](C)c2ccc(-c3cc(OC)ccc3F)c(C(C)(C)C)c2)c1.COC(=O)C[C@H](C)c1cccc(O[C@H](C)c2ccc(-c3cc(OC)ccc3F)c(C(C)(C)C)c2)c1. The predicted molar refractivity (Wildman–Crippen MR) is 550 cm³/mol. The first-order valence-corrected chi connectivity index (χ1v) is 47.4. The Morgan fingerprint density at radius 2 is 0.407 bits per heavy atom. The Hall–Kier alpha value is -13.4. The topological polar surface area (TPSA) is 179 Å². The molecule has 0 aliphatic carbocycles. The lowest BCUT2D eigenvalue weighted by Gasteiger charge is -2.26. The second kappa shape index (κ2) is 49.5. The second-order valence-corrected chi connectivity index (χ2v) is 39.7. The van der Waals surface area contributed by atoms with Crippen LogP contribution < -0.4 is 37.9 Å². The van der Waals surface area contributed by atoms with Crippen LogP contribution in [0, 0.1) is 23.3 Å². The van der Waals surface area contributed by atoms with E-state index < -0.39 is 0 Å². The van der Waals surface area contributed by atoms with Gasteiger partial charge in [-0.3, -0.25) is 19.2 Å². The minimum atomic E-state index is -0.286. The van der Waals surface area contributed by atoms with Crippen LogP contribution >= 0.6 is 0 Å². The van der Waals surface area contributed by atoms with E-state index in [0.717, 1.165) is 112 Å². The quantitative estimate of drug-likeness (QED) is 0.0221. The maximum absolute atomic E-state index is 14.8. The lowest BCUT2D eigenvalue weighted by atomic mass is 9.80. The van der Waals surface area contributed by atoms with Gasteiger partial charge in [-0.1, -0.05) is 232 Å². The highest BCUT2D eigenvalue weighted by Crippen LogP contribution is 2.45. The summed E-state index contributed by atoms with van der Waals surface area (Å²) in [5, 5.41) is 0. The van der Waals surface area contributed by atoms with Crippen molar-refractivity contribution in [1.29, 1.82) is 0 Å². The summed E-state index contributed by atoms with van der Waals surface area (Å²) >= 11 is 0. The molecule has 0 saturated heterocycles. The van der Waals surface area contributed by atoms with Gasteiger partial charge in [-0.25, -0.2) is 17.6 Å². The van der Waals surface area contributed by atoms with Crippen LogP contribution in [0.5, 0.6) is 46.0 Å². The van der Waals surface area contributed by atoms with Gasteiger partial charge in [0, 0.05) is 22.3 Å². The minimum absolute atomic E-state index is 0.0193. The standard InChI is InChI=1S/4C30H35FO4/c4*1-19(15-29(32)34-7)21-9-8-10-24(16-21)35-20(2)22-11-13-25(27(17-22)30(3,4)5)26-18-23(33-6)12-14-28(26)31/h4*8-14,16-20H,15H2,1-7H3/t2*19-,20+;2*19-,20-/m1010/s1. The van der Waals surface area contributed by atoms with Crippen LogP contribution in [-0.4, -0.2) is 80.8 Å². The van der Waals surface area contributed by atoms with E-state index in [4.69, 9.17) is 56.8 Å². The average Bonchev–Trinajstić information content (AvgIpc) is 0.790. The van der Waals surface area contributed by atoms with E-state index in [1.807, 2.05) is 201 Å². The second-order valence-electron chi connectivity index (χ2n) is 39.7. The summed E-state index contributed by atoms with van der Waals surface area (Å²) in [5.41, 5.74) is 16.7.